The zero-order valence-corrected chi connectivity index (χ0v) is 99.4. The molecule has 0 saturated heterocycles. The Bertz CT molecular complexity index is 3900. The molecule has 0 amide bonds. The van der Waals surface area contributed by atoms with E-state index < -0.39 is 63.4 Å². The normalized spacial score (nSPS) is 9.75. The van der Waals surface area contributed by atoms with Gasteiger partial charge in [0.05, 0.1) is 10.7 Å². The van der Waals surface area contributed by atoms with Crippen molar-refractivity contribution in [3.63, 3.8) is 0 Å². The predicted octanol–water partition coefficient (Wildman–Crippen LogP) is 15.5. The summed E-state index contributed by atoms with van der Waals surface area (Å²) in [5.74, 6) is 4.99. The van der Waals surface area contributed by atoms with Gasteiger partial charge in [-0.05, 0) is 194 Å². The minimum absolute atomic E-state index is 0. The summed E-state index contributed by atoms with van der Waals surface area (Å²) in [6, 6.07) is 178. The van der Waals surface area contributed by atoms with Crippen molar-refractivity contribution in [3.05, 3.63) is 485 Å². The molecule has 16 aromatic rings. The van der Waals surface area contributed by atoms with E-state index in [9.17, 15) is 0 Å². The van der Waals surface area contributed by atoms with Gasteiger partial charge in [0.1, 0.15) is 148 Å². The molecule has 0 spiro atoms. The Kier molecular flexibility index (Phi) is 77.2. The minimum Gasteiger partial charge on any atom is -2.00 e. The summed E-state index contributed by atoms with van der Waals surface area (Å²) >= 11 is 19.1. The van der Waals surface area contributed by atoms with Gasteiger partial charge < -0.3 is 51.8 Å². The fourth-order valence-electron chi connectivity index (χ4n) is 13.9. The van der Waals surface area contributed by atoms with Crippen LogP contribution >= 0.6 is 110 Å². The Morgan fingerprint density at radius 1 is 0.127 bits per heavy atom. The van der Waals surface area contributed by atoms with E-state index in [2.05, 4.69) is 485 Å². The van der Waals surface area contributed by atoms with Crippen molar-refractivity contribution >= 4 is 222 Å². The van der Waals surface area contributed by atoms with Crippen LogP contribution in [0.1, 0.15) is 0 Å². The quantitative estimate of drug-likeness (QED) is 0.0321. The fraction of sp³-hybridized carbons (Fsp3) is 0.0588. The third-order valence-corrected chi connectivity index (χ3v) is 47.2. The minimum atomic E-state index is -0.847. The number of halogens is 6. The van der Waals surface area contributed by atoms with Gasteiger partial charge in [-0.2, -0.15) is 0 Å². The predicted molar refractivity (Wildman–Crippen MR) is 551 cm³/mol. The zero-order valence-electron chi connectivity index (χ0n) is 67.9. The summed E-state index contributed by atoms with van der Waals surface area (Å²) in [5, 5.41) is 24.4. The summed E-state index contributed by atoms with van der Waals surface area (Å²) in [6.45, 7) is 0. The van der Waals surface area contributed by atoms with Crippen molar-refractivity contribution < 1.29 is 204 Å². The monoisotopic (exact) mass is 3420 g/mol. The summed E-state index contributed by atoms with van der Waals surface area (Å²) < 4.78 is 0. The SMILES string of the molecule is ClCCl.ClCCl.[Au+].[Au+].[Au+].[Au+].[Au+].[Au+].[Au].[Au].[Cl-].[Cl-].[S-2].[S-2].c1ccc([PH+](C[PH+](c2ccccc2)c2ccccc2)c2ccccc2)cc1.c1ccc([PH+](C[PH+](c2ccccc2)c2ccccc2)c2ccccc2)cc1.c1ccc([PH+](C[PH+](c2ccccc2)c2ccccc2)c2ccccc2)cc1.c1ccc([PH+](C[PH+](c2ccccc2)c2ccccc2)c2ccccc2)cc1. The van der Waals surface area contributed by atoms with E-state index in [1.807, 2.05) is 0 Å². The topological polar surface area (TPSA) is 0 Å². The molecule has 0 nitrogen and oxygen atoms in total. The molecule has 126 heavy (non-hydrogen) atoms. The largest absolute Gasteiger partial charge is 2.00 e. The van der Waals surface area contributed by atoms with Crippen molar-refractivity contribution in [2.75, 3.05) is 34.3 Å². The van der Waals surface area contributed by atoms with Crippen molar-refractivity contribution in [2.24, 2.45) is 0 Å². The molecule has 0 aliphatic rings. The molecular weight excluding hydrogens is 3330 g/mol. The molecule has 16 rings (SSSR count). The fourth-order valence-corrected chi connectivity index (χ4v) is 44.8. The molecule has 16 aromatic carbocycles. The van der Waals surface area contributed by atoms with E-state index in [-0.39, 0.29) is 242 Å². The van der Waals surface area contributed by atoms with E-state index >= 15 is 0 Å². The van der Waals surface area contributed by atoms with E-state index in [4.69, 9.17) is 46.4 Å². The van der Waals surface area contributed by atoms with Crippen molar-refractivity contribution in [3.8, 4) is 0 Å². The van der Waals surface area contributed by atoms with Gasteiger partial charge in [-0.15, -0.1) is 46.4 Å². The molecule has 0 heterocycles. The third-order valence-electron chi connectivity index (χ3n) is 19.4. The number of rotatable bonds is 24. The van der Waals surface area contributed by atoms with Gasteiger partial charge in [0.2, 0.25) is 0 Å². The Morgan fingerprint density at radius 2 is 0.175 bits per heavy atom. The van der Waals surface area contributed by atoms with Gasteiger partial charge >= 0.3 is 134 Å². The Morgan fingerprint density at radius 3 is 0.222 bits per heavy atom. The van der Waals surface area contributed by atoms with Crippen LogP contribution in [0, 0.1) is 0 Å². The maximum Gasteiger partial charge on any atom is 1.00 e. The second-order valence-electron chi connectivity index (χ2n) is 26.6. The summed E-state index contributed by atoms with van der Waals surface area (Å²) in [5.41, 5.74) is 0. The summed E-state index contributed by atoms with van der Waals surface area (Å²) in [6.07, 6.45) is 0. The average molecular weight is 3430 g/mol. The van der Waals surface area contributed by atoms with Crippen molar-refractivity contribution in [1.29, 1.82) is 0 Å². The van der Waals surface area contributed by atoms with Crippen molar-refractivity contribution in [1.82, 2.24) is 0 Å². The first kappa shape index (κ1) is 127. The Hall–Kier alpha value is -0.678. The molecule has 24 heteroatoms. The number of hydrogen-bond acceptors (Lipinski definition) is 0. The van der Waals surface area contributed by atoms with Crippen LogP contribution in [0.4, 0.5) is 0 Å². The van der Waals surface area contributed by atoms with Crippen molar-refractivity contribution in [2.45, 2.75) is 0 Å². The van der Waals surface area contributed by atoms with Crippen LogP contribution in [0.15, 0.2) is 485 Å². The second kappa shape index (κ2) is 76.4. The molecule has 0 bridgehead atoms. The van der Waals surface area contributed by atoms with E-state index in [0.717, 1.165) is 0 Å². The Balaban J connectivity index is 0. The molecule has 0 atom stereocenters. The molecule has 0 N–H and O–H groups in total. The van der Waals surface area contributed by atoms with Gasteiger partial charge in [0.15, 0.2) is 23.6 Å². The van der Waals surface area contributed by atoms with E-state index in [1.165, 1.54) is 108 Å². The molecular formula is C102H100Au8Cl6P8S2+8. The maximum absolute atomic E-state index is 4.76. The van der Waals surface area contributed by atoms with E-state index in [0.29, 0.717) is 0 Å². The van der Waals surface area contributed by atoms with Crippen LogP contribution in [0.3, 0.4) is 0 Å². The summed E-state index contributed by atoms with van der Waals surface area (Å²) in [4.78, 5) is 0. The van der Waals surface area contributed by atoms with Gasteiger partial charge in [0.25, 0.3) is 0 Å². The van der Waals surface area contributed by atoms with Crippen LogP contribution in [-0.4, -0.2) is 34.3 Å². The molecule has 0 fully saturated rings. The summed E-state index contributed by atoms with van der Waals surface area (Å²) in [7, 11) is -6.78. The molecule has 0 aliphatic heterocycles. The van der Waals surface area contributed by atoms with Crippen LogP contribution in [-0.2, 0) is 206 Å². The van der Waals surface area contributed by atoms with E-state index in [1.54, 1.807) is 0 Å². The molecule has 682 valence electrons. The van der Waals surface area contributed by atoms with Crippen LogP contribution < -0.4 is 110 Å². The standard InChI is InChI=1S/4C25H22P2.2CH2Cl2.8Au.2ClH.2S/c4*1-5-13-22(14-6-1)26(23-15-7-2-8-16-23)21-27(24-17-9-3-10-18-24)25-19-11-4-12-20-25;2*2-1-3;;;;;;;;;;;;/h4*1-20H,21H2;2*1H2;;;;;;;;;2*1H;;/q;;;;;;;;6*+1;;;2*-2/p+6. The smallest absolute Gasteiger partial charge is 1.00 e. The zero-order chi connectivity index (χ0) is 78.7. The molecule has 0 aliphatic carbocycles. The van der Waals surface area contributed by atoms with Gasteiger partial charge in [-0.25, -0.2) is 0 Å². The Labute approximate surface area is 931 Å². The second-order valence-corrected chi connectivity index (χ2v) is 50.8. The van der Waals surface area contributed by atoms with Crippen LogP contribution in [0.2, 0.25) is 0 Å². The van der Waals surface area contributed by atoms with Gasteiger partial charge in [-0.3, -0.25) is 0 Å². The molecule has 0 unspecified atom stereocenters. The number of hydrogen-bond donors (Lipinski definition) is 0. The third kappa shape index (κ3) is 42.9. The molecule has 0 aromatic heterocycles. The first-order valence-electron chi connectivity index (χ1n) is 38.5. The molecule has 0 saturated carbocycles. The van der Waals surface area contributed by atoms with Crippen LogP contribution in [0.5, 0.6) is 0 Å². The first-order chi connectivity index (χ1) is 56.5. The number of alkyl halides is 4. The van der Waals surface area contributed by atoms with Gasteiger partial charge in [-0.1, -0.05) is 291 Å². The first-order valence-corrected chi connectivity index (χ1v) is 54.3. The number of benzene rings is 16. The van der Waals surface area contributed by atoms with Gasteiger partial charge in [0, 0.05) is 44.8 Å². The maximum atomic E-state index is 4.76. The van der Waals surface area contributed by atoms with Crippen LogP contribution in [0.25, 0.3) is 0 Å². The molecule has 2 radical (unpaired) electrons. The average Bonchev–Trinajstić information content (AvgIpc) is 0.828.